The average Bonchev–Trinajstić information content (AvgIpc) is 2.97. The molecule has 0 radical (unpaired) electrons. The Morgan fingerprint density at radius 3 is 2.73 bits per heavy atom. The second-order valence-corrected chi connectivity index (χ2v) is 6.78. The largest absolute Gasteiger partial charge is 0.390 e. The minimum absolute atomic E-state index is 0.0379. The number of hydrogen-bond donors (Lipinski definition) is 3. The van der Waals surface area contributed by atoms with E-state index >= 15 is 0 Å². The highest BCUT2D eigenvalue weighted by molar-refractivity contribution is 5.00. The van der Waals surface area contributed by atoms with Gasteiger partial charge in [-0.15, -0.1) is 0 Å². The highest BCUT2D eigenvalue weighted by atomic mass is 16.7. The molecule has 2 saturated heterocycles. The molecule has 2 bridgehead atoms. The third-order valence-corrected chi connectivity index (χ3v) is 5.22. The lowest BCUT2D eigenvalue weighted by Crippen LogP contribution is -2.64. The Kier molecular flexibility index (Phi) is 6.07. The van der Waals surface area contributed by atoms with Crippen LogP contribution in [0.2, 0.25) is 0 Å². The number of fused-ring (bicyclic) bond motifs is 2. The van der Waals surface area contributed by atoms with Crippen molar-refractivity contribution in [2.45, 2.75) is 62.7 Å². The quantitative estimate of drug-likeness (QED) is 0.585. The third kappa shape index (κ3) is 3.80. The van der Waals surface area contributed by atoms with Crippen molar-refractivity contribution in [1.29, 1.82) is 0 Å². The van der Waals surface area contributed by atoms with E-state index in [4.69, 9.17) is 14.2 Å². The molecule has 6 heteroatoms. The van der Waals surface area contributed by atoms with Crippen molar-refractivity contribution in [2.24, 2.45) is 5.92 Å². The molecule has 3 N–H and O–H groups in total. The SMILES string of the molecule is COCCNC1C2OCC(O2)C(NCC2CCCCC2)C1O. The van der Waals surface area contributed by atoms with Crippen molar-refractivity contribution in [3.63, 3.8) is 0 Å². The summed E-state index contributed by atoms with van der Waals surface area (Å²) in [6.45, 7) is 2.82. The summed E-state index contributed by atoms with van der Waals surface area (Å²) in [6.07, 6.45) is 5.78. The molecule has 0 aromatic rings. The van der Waals surface area contributed by atoms with Gasteiger partial charge in [0.15, 0.2) is 6.29 Å². The fourth-order valence-electron chi connectivity index (χ4n) is 3.91. The third-order valence-electron chi connectivity index (χ3n) is 5.22. The molecule has 0 spiro atoms. The van der Waals surface area contributed by atoms with Crippen LogP contribution in [0.15, 0.2) is 0 Å². The first-order valence-corrected chi connectivity index (χ1v) is 8.70. The van der Waals surface area contributed by atoms with Gasteiger partial charge in [-0.25, -0.2) is 0 Å². The van der Waals surface area contributed by atoms with Gasteiger partial charge in [0, 0.05) is 13.7 Å². The number of nitrogens with one attached hydrogen (secondary N) is 2. The maximum absolute atomic E-state index is 10.7. The summed E-state index contributed by atoms with van der Waals surface area (Å²) in [7, 11) is 1.67. The Morgan fingerprint density at radius 2 is 1.95 bits per heavy atom. The van der Waals surface area contributed by atoms with Gasteiger partial charge >= 0.3 is 0 Å². The zero-order valence-corrected chi connectivity index (χ0v) is 13.5. The van der Waals surface area contributed by atoms with Crippen LogP contribution >= 0.6 is 0 Å². The second kappa shape index (κ2) is 8.04. The molecule has 0 aromatic heterocycles. The summed E-state index contributed by atoms with van der Waals surface area (Å²) in [5.41, 5.74) is 0. The molecule has 2 heterocycles. The summed E-state index contributed by atoms with van der Waals surface area (Å²) < 4.78 is 16.7. The van der Waals surface area contributed by atoms with E-state index in [-0.39, 0.29) is 24.5 Å². The summed E-state index contributed by atoms with van der Waals surface area (Å²) in [5.74, 6) is 0.737. The van der Waals surface area contributed by atoms with Crippen LogP contribution in [0.5, 0.6) is 0 Å². The van der Waals surface area contributed by atoms with Gasteiger partial charge in [-0.1, -0.05) is 19.3 Å². The van der Waals surface area contributed by atoms with Crippen LogP contribution in [0, 0.1) is 5.92 Å². The molecule has 5 unspecified atom stereocenters. The van der Waals surface area contributed by atoms with Crippen LogP contribution in [-0.4, -0.2) is 69.1 Å². The van der Waals surface area contributed by atoms with Crippen molar-refractivity contribution < 1.29 is 19.3 Å². The Balaban J connectivity index is 1.52. The minimum atomic E-state index is -0.494. The van der Waals surface area contributed by atoms with E-state index in [1.807, 2.05) is 0 Å². The van der Waals surface area contributed by atoms with Crippen molar-refractivity contribution >= 4 is 0 Å². The van der Waals surface area contributed by atoms with Gasteiger partial charge in [0.25, 0.3) is 0 Å². The lowest BCUT2D eigenvalue weighted by atomic mass is 9.88. The van der Waals surface area contributed by atoms with Gasteiger partial charge in [-0.05, 0) is 25.3 Å². The fourth-order valence-corrected chi connectivity index (χ4v) is 3.91. The van der Waals surface area contributed by atoms with E-state index in [9.17, 15) is 5.11 Å². The summed E-state index contributed by atoms with van der Waals surface area (Å²) >= 11 is 0. The normalized spacial score (nSPS) is 39.3. The molecule has 1 saturated carbocycles. The lowest BCUT2D eigenvalue weighted by molar-refractivity contribution is -0.153. The molecule has 22 heavy (non-hydrogen) atoms. The van der Waals surface area contributed by atoms with Crippen LogP contribution < -0.4 is 10.6 Å². The topological polar surface area (TPSA) is 72.0 Å². The summed E-state index contributed by atoms with van der Waals surface area (Å²) in [5, 5.41) is 17.6. The van der Waals surface area contributed by atoms with Gasteiger partial charge in [-0.2, -0.15) is 0 Å². The van der Waals surface area contributed by atoms with E-state index in [1.165, 1.54) is 32.1 Å². The van der Waals surface area contributed by atoms with Crippen LogP contribution in [0.4, 0.5) is 0 Å². The Labute approximate surface area is 132 Å². The molecule has 3 aliphatic rings. The predicted octanol–water partition coefficient (Wildman–Crippen LogP) is 0.246. The van der Waals surface area contributed by atoms with Crippen LogP contribution in [0.3, 0.4) is 0 Å². The van der Waals surface area contributed by atoms with E-state index in [0.717, 1.165) is 12.5 Å². The predicted molar refractivity (Wildman–Crippen MR) is 82.7 cm³/mol. The standard InChI is InChI=1S/C16H30N2O4/c1-20-8-7-17-14-15(19)13(12-10-21-16(14)22-12)18-9-11-5-3-2-4-6-11/h11-19H,2-10H2,1H3. The maximum Gasteiger partial charge on any atom is 0.176 e. The van der Waals surface area contributed by atoms with E-state index < -0.39 is 6.10 Å². The first kappa shape index (κ1) is 16.6. The molecule has 0 aromatic carbocycles. The molecular formula is C16H30N2O4. The number of aliphatic hydroxyl groups excluding tert-OH is 1. The van der Waals surface area contributed by atoms with Crippen molar-refractivity contribution in [3.05, 3.63) is 0 Å². The van der Waals surface area contributed by atoms with Gasteiger partial charge in [0.1, 0.15) is 6.10 Å². The zero-order valence-electron chi connectivity index (χ0n) is 13.5. The van der Waals surface area contributed by atoms with Crippen molar-refractivity contribution in [3.8, 4) is 0 Å². The van der Waals surface area contributed by atoms with Crippen molar-refractivity contribution in [2.75, 3.05) is 33.4 Å². The monoisotopic (exact) mass is 314 g/mol. The summed E-state index contributed by atoms with van der Waals surface area (Å²) in [6, 6.07) is -0.251. The van der Waals surface area contributed by atoms with Gasteiger partial charge in [0.2, 0.25) is 0 Å². The Morgan fingerprint density at radius 1 is 1.14 bits per heavy atom. The highest BCUT2D eigenvalue weighted by Gasteiger charge is 2.49. The Hall–Kier alpha value is -0.240. The van der Waals surface area contributed by atoms with Gasteiger partial charge in [-0.3, -0.25) is 0 Å². The van der Waals surface area contributed by atoms with E-state index in [2.05, 4.69) is 10.6 Å². The second-order valence-electron chi connectivity index (χ2n) is 6.78. The number of methoxy groups -OCH3 is 1. The van der Waals surface area contributed by atoms with Crippen molar-refractivity contribution in [1.82, 2.24) is 10.6 Å². The smallest absolute Gasteiger partial charge is 0.176 e. The fraction of sp³-hybridized carbons (Fsp3) is 1.00. The Bertz CT molecular complexity index is 338. The molecule has 3 fully saturated rings. The first-order valence-electron chi connectivity index (χ1n) is 8.70. The van der Waals surface area contributed by atoms with E-state index in [1.54, 1.807) is 7.11 Å². The number of ether oxygens (including phenoxy) is 3. The summed E-state index contributed by atoms with van der Waals surface area (Å²) in [4.78, 5) is 0. The van der Waals surface area contributed by atoms with Gasteiger partial charge < -0.3 is 30.0 Å². The molecule has 1 aliphatic carbocycles. The number of rotatable bonds is 7. The molecule has 2 aliphatic heterocycles. The molecular weight excluding hydrogens is 284 g/mol. The van der Waals surface area contributed by atoms with Gasteiger partial charge in [0.05, 0.1) is 31.4 Å². The highest BCUT2D eigenvalue weighted by Crippen LogP contribution is 2.29. The number of aliphatic hydroxyl groups is 1. The number of hydrogen-bond acceptors (Lipinski definition) is 6. The zero-order chi connectivity index (χ0) is 15.4. The first-order chi connectivity index (χ1) is 10.8. The molecule has 6 nitrogen and oxygen atoms in total. The average molecular weight is 314 g/mol. The minimum Gasteiger partial charge on any atom is -0.390 e. The lowest BCUT2D eigenvalue weighted by Gasteiger charge is -2.40. The van der Waals surface area contributed by atoms with Crippen LogP contribution in [0.1, 0.15) is 32.1 Å². The molecule has 3 rings (SSSR count). The molecule has 0 amide bonds. The van der Waals surface area contributed by atoms with E-state index in [0.29, 0.717) is 19.8 Å². The van der Waals surface area contributed by atoms with Crippen LogP contribution in [-0.2, 0) is 14.2 Å². The van der Waals surface area contributed by atoms with Crippen LogP contribution in [0.25, 0.3) is 0 Å². The molecule has 5 atom stereocenters. The maximum atomic E-state index is 10.7. The molecule has 128 valence electrons.